The lowest BCUT2D eigenvalue weighted by Crippen LogP contribution is -2.26. The third-order valence-corrected chi connectivity index (χ3v) is 4.45. The van der Waals surface area contributed by atoms with E-state index < -0.39 is 5.97 Å². The molecule has 0 saturated heterocycles. The van der Waals surface area contributed by atoms with E-state index in [2.05, 4.69) is 33.0 Å². The van der Waals surface area contributed by atoms with Gasteiger partial charge in [-0.05, 0) is 31.1 Å². The van der Waals surface area contributed by atoms with Gasteiger partial charge in [0.2, 0.25) is 0 Å². The van der Waals surface area contributed by atoms with Crippen LogP contribution < -0.4 is 9.64 Å². The fourth-order valence-corrected chi connectivity index (χ4v) is 3.02. The summed E-state index contributed by atoms with van der Waals surface area (Å²) in [6.07, 6.45) is 3.22. The summed E-state index contributed by atoms with van der Waals surface area (Å²) in [7, 11) is 2.86. The number of carboxylic acid groups (broad SMARTS) is 1. The molecule has 0 aliphatic rings. The van der Waals surface area contributed by atoms with Crippen LogP contribution in [0.2, 0.25) is 0 Å². The van der Waals surface area contributed by atoms with Gasteiger partial charge < -0.3 is 18.9 Å². The van der Waals surface area contributed by atoms with E-state index in [4.69, 9.17) is 19.3 Å². The van der Waals surface area contributed by atoms with E-state index in [0.29, 0.717) is 17.9 Å². The number of carboxylic acids is 1. The highest BCUT2D eigenvalue weighted by molar-refractivity contribution is 14.2. The zero-order valence-electron chi connectivity index (χ0n) is 14.2. The highest BCUT2D eigenvalue weighted by Gasteiger charge is 2.12. The topological polar surface area (TPSA) is 82.8 Å². The molecule has 1 N–H and O–H groups in total. The van der Waals surface area contributed by atoms with Gasteiger partial charge >= 0.3 is 5.97 Å². The molecule has 0 bridgehead atoms. The maximum atomic E-state index is 11.0. The van der Waals surface area contributed by atoms with Gasteiger partial charge in [0.1, 0.15) is 17.4 Å². The van der Waals surface area contributed by atoms with Gasteiger partial charge in [0.15, 0.2) is 0 Å². The Kier molecular flexibility index (Phi) is 10.4. The van der Waals surface area contributed by atoms with Crippen LogP contribution in [0.5, 0.6) is 5.75 Å². The highest BCUT2D eigenvalue weighted by Crippen LogP contribution is 2.28. The second kappa shape index (κ2) is 12.0. The summed E-state index contributed by atoms with van der Waals surface area (Å²) in [6, 6.07) is 7.23. The number of aliphatic carboxylic acids is 1. The zero-order valence-corrected chi connectivity index (χ0v) is 17.2. The lowest BCUT2D eigenvalue weighted by molar-refractivity contribution is -0.132. The van der Waals surface area contributed by atoms with Crippen molar-refractivity contribution in [1.29, 1.82) is 5.26 Å². The van der Waals surface area contributed by atoms with E-state index in [-0.39, 0.29) is 5.57 Å². The van der Waals surface area contributed by atoms with Crippen LogP contribution in [0.25, 0.3) is 6.08 Å². The molecule has 6 nitrogen and oxygen atoms in total. The van der Waals surface area contributed by atoms with Gasteiger partial charge in [-0.25, -0.2) is 4.79 Å². The first kappa shape index (κ1) is 21.6. The monoisotopic (exact) mass is 476 g/mol. The Morgan fingerprint density at radius 2 is 2.24 bits per heavy atom. The smallest absolute Gasteiger partial charge is 0.346 e. The van der Waals surface area contributed by atoms with Crippen LogP contribution in [0.1, 0.15) is 25.3 Å². The van der Waals surface area contributed by atoms with Crippen molar-refractivity contribution in [3.05, 3.63) is 29.3 Å². The van der Waals surface area contributed by atoms with Crippen LogP contribution in [-0.2, 0) is 8.98 Å². The molecule has 0 aliphatic heterocycles. The van der Waals surface area contributed by atoms with Gasteiger partial charge in [0, 0.05) is 51.6 Å². The van der Waals surface area contributed by atoms with Crippen LogP contribution in [0.4, 0.5) is 5.69 Å². The second-order valence-electron chi connectivity index (χ2n) is 5.13. The van der Waals surface area contributed by atoms with Crippen molar-refractivity contribution in [2.24, 2.45) is 0 Å². The van der Waals surface area contributed by atoms with E-state index in [9.17, 15) is 4.79 Å². The minimum Gasteiger partial charge on any atom is -0.496 e. The predicted octanol–water partition coefficient (Wildman–Crippen LogP) is 4.31. The molecule has 136 valence electrons. The molecule has 25 heavy (non-hydrogen) atoms. The van der Waals surface area contributed by atoms with Crippen LogP contribution in [0.15, 0.2) is 23.8 Å². The predicted molar refractivity (Wildman–Crippen MR) is 109 cm³/mol. The summed E-state index contributed by atoms with van der Waals surface area (Å²) in [5.74, 6) is -0.721. The summed E-state index contributed by atoms with van der Waals surface area (Å²) in [4.78, 5) is 13.2. The van der Waals surface area contributed by atoms with Crippen LogP contribution in [0, 0.1) is 11.3 Å². The zero-order chi connectivity index (χ0) is 18.7. The Morgan fingerprint density at radius 3 is 2.80 bits per heavy atom. The number of anilines is 1. The fraction of sp³-hybridized carbons (Fsp3) is 0.412. The number of halogens is 1. The van der Waals surface area contributed by atoms with E-state index in [1.165, 1.54) is 22.4 Å². The molecule has 1 aromatic rings. The molecular weight excluding hydrogens is 455 g/mol. The molecule has 0 aromatic heterocycles. The minimum absolute atomic E-state index is 0.329. The third kappa shape index (κ3) is 7.13. The lowest BCUT2D eigenvalue weighted by Gasteiger charge is -2.25. The Balaban J connectivity index is 3.04. The number of methoxy groups -OCH3 is 1. The number of ether oxygens (including phenoxy) is 1. The first-order valence-electron chi connectivity index (χ1n) is 7.75. The summed E-state index contributed by atoms with van der Waals surface area (Å²) in [6.45, 7) is 4.54. The van der Waals surface area contributed by atoms with Gasteiger partial charge in [-0.3, -0.25) is 0 Å². The standard InChI is InChI=1S/C17H21IN2O4S/c1-3-7-20(8-4-9-24-25-18)15-6-5-13(16(11-15)23-2)10-14(12-19)17(21)22/h5-6,10-11H,3-4,7-9H2,1-2H3,(H,21,22)/b14-10+. The molecule has 1 rings (SSSR count). The molecule has 0 fully saturated rings. The molecule has 0 radical (unpaired) electrons. The molecule has 0 amide bonds. The van der Waals surface area contributed by atoms with E-state index >= 15 is 0 Å². The Morgan fingerprint density at radius 1 is 1.48 bits per heavy atom. The van der Waals surface area contributed by atoms with Crippen molar-refractivity contribution in [3.8, 4) is 11.8 Å². The number of benzene rings is 1. The maximum Gasteiger partial charge on any atom is 0.346 e. The molecule has 0 atom stereocenters. The second-order valence-corrected chi connectivity index (χ2v) is 6.57. The molecule has 0 heterocycles. The van der Waals surface area contributed by atoms with Gasteiger partial charge in [-0.15, -0.1) is 0 Å². The fourth-order valence-electron chi connectivity index (χ4n) is 2.30. The van der Waals surface area contributed by atoms with Crippen LogP contribution in [0.3, 0.4) is 0 Å². The number of hydrogen-bond acceptors (Lipinski definition) is 6. The van der Waals surface area contributed by atoms with Gasteiger partial charge in [-0.1, -0.05) is 6.92 Å². The van der Waals surface area contributed by atoms with Gasteiger partial charge in [0.05, 0.1) is 22.9 Å². The number of hydrogen-bond donors (Lipinski definition) is 1. The van der Waals surface area contributed by atoms with E-state index in [0.717, 1.165) is 31.6 Å². The van der Waals surface area contributed by atoms with Crippen LogP contribution >= 0.6 is 30.4 Å². The van der Waals surface area contributed by atoms with Crippen molar-refractivity contribution in [1.82, 2.24) is 0 Å². The van der Waals surface area contributed by atoms with Crippen LogP contribution in [-0.4, -0.2) is 37.9 Å². The van der Waals surface area contributed by atoms with Gasteiger partial charge in [-0.2, -0.15) is 5.26 Å². The van der Waals surface area contributed by atoms with Crippen molar-refractivity contribution in [3.63, 3.8) is 0 Å². The first-order valence-corrected chi connectivity index (χ1v) is 11.0. The number of nitrogens with zero attached hydrogens (tertiary/aromatic N) is 2. The summed E-state index contributed by atoms with van der Waals surface area (Å²) >= 11 is 2.10. The molecule has 0 saturated carbocycles. The largest absolute Gasteiger partial charge is 0.496 e. The molecule has 0 unspecified atom stereocenters. The number of nitriles is 1. The maximum absolute atomic E-state index is 11.0. The summed E-state index contributed by atoms with van der Waals surface area (Å²) in [5.41, 5.74) is 1.23. The first-order chi connectivity index (χ1) is 12.1. The Bertz CT molecular complexity index is 646. The minimum atomic E-state index is -1.26. The number of rotatable bonds is 11. The Hall–Kier alpha value is -1.44. The Labute approximate surface area is 164 Å². The molecule has 8 heteroatoms. The molecule has 0 aliphatic carbocycles. The van der Waals surface area contributed by atoms with Crippen molar-refractivity contribution in [2.45, 2.75) is 19.8 Å². The normalized spacial score (nSPS) is 11.0. The van der Waals surface area contributed by atoms with Gasteiger partial charge in [0.25, 0.3) is 0 Å². The third-order valence-electron chi connectivity index (χ3n) is 3.43. The molecule has 1 aromatic carbocycles. The molecule has 0 spiro atoms. The van der Waals surface area contributed by atoms with Crippen molar-refractivity contribution in [2.75, 3.05) is 31.7 Å². The summed E-state index contributed by atoms with van der Waals surface area (Å²) < 4.78 is 10.7. The average molecular weight is 476 g/mol. The number of carbonyl (C=O) groups is 1. The van der Waals surface area contributed by atoms with Crippen molar-refractivity contribution < 1.29 is 18.8 Å². The van der Waals surface area contributed by atoms with E-state index in [1.807, 2.05) is 12.1 Å². The highest BCUT2D eigenvalue weighted by atomic mass is 127. The quantitative estimate of drug-likeness (QED) is 0.168. The molecular formula is C17H21IN2O4S. The SMILES string of the molecule is CCCN(CCCOSI)c1ccc(/C=C(\C#N)C(=O)O)c(OC)c1. The summed E-state index contributed by atoms with van der Waals surface area (Å²) in [5, 5.41) is 17.9. The van der Waals surface area contributed by atoms with Crippen molar-refractivity contribution >= 4 is 48.2 Å². The average Bonchev–Trinajstić information content (AvgIpc) is 2.62. The van der Waals surface area contributed by atoms with E-state index in [1.54, 1.807) is 12.1 Å². The lowest BCUT2D eigenvalue weighted by atomic mass is 10.1.